The molecule has 3 rings (SSSR count). The number of rotatable bonds is 6. The van der Waals surface area contributed by atoms with E-state index < -0.39 is 46.8 Å². The van der Waals surface area contributed by atoms with E-state index in [1.165, 1.54) is 24.3 Å². The Morgan fingerprint density at radius 3 is 1.40 bits per heavy atom. The standard InChI is InChI=1S/C22H14F6N4O3/c23-21(24,25)15-7-3-1-5-13(15)11-29-31-19(33)17-9-10-18(35-17)20(34)32-30-12-14-6-2-4-8-16(14)22(26,27)28/h1-12H,(H,31,33)(H,32,34). The highest BCUT2D eigenvalue weighted by molar-refractivity contribution is 5.96. The van der Waals surface area contributed by atoms with Crippen LogP contribution in [0.15, 0.2) is 75.3 Å². The third kappa shape index (κ3) is 6.56. The number of benzene rings is 2. The summed E-state index contributed by atoms with van der Waals surface area (Å²) >= 11 is 0. The van der Waals surface area contributed by atoms with Gasteiger partial charge in [-0.3, -0.25) is 9.59 Å². The predicted molar refractivity (Wildman–Crippen MR) is 112 cm³/mol. The summed E-state index contributed by atoms with van der Waals surface area (Å²) in [6, 6.07) is 11.3. The molecule has 3 aromatic rings. The molecule has 13 heteroatoms. The lowest BCUT2D eigenvalue weighted by Gasteiger charge is -2.09. The molecule has 1 aromatic heterocycles. The van der Waals surface area contributed by atoms with Crippen molar-refractivity contribution in [3.8, 4) is 0 Å². The lowest BCUT2D eigenvalue weighted by Crippen LogP contribution is -2.19. The van der Waals surface area contributed by atoms with Crippen LogP contribution in [0, 0.1) is 0 Å². The first-order chi connectivity index (χ1) is 16.5. The maximum atomic E-state index is 13.0. The monoisotopic (exact) mass is 496 g/mol. The molecule has 0 unspecified atom stereocenters. The van der Waals surface area contributed by atoms with Crippen LogP contribution in [0.25, 0.3) is 0 Å². The topological polar surface area (TPSA) is 96.1 Å². The van der Waals surface area contributed by atoms with Crippen LogP contribution in [0.2, 0.25) is 0 Å². The molecule has 0 saturated heterocycles. The van der Waals surface area contributed by atoms with Gasteiger partial charge in [0.05, 0.1) is 23.6 Å². The van der Waals surface area contributed by atoms with Crippen LogP contribution in [0.1, 0.15) is 43.4 Å². The summed E-state index contributed by atoms with van der Waals surface area (Å²) in [6.45, 7) is 0. The van der Waals surface area contributed by atoms with Gasteiger partial charge in [0.2, 0.25) is 0 Å². The van der Waals surface area contributed by atoms with Gasteiger partial charge < -0.3 is 4.42 Å². The quantitative estimate of drug-likeness (QED) is 0.290. The maximum Gasteiger partial charge on any atom is 0.417 e. The molecular formula is C22H14F6N4O3. The van der Waals surface area contributed by atoms with Crippen LogP contribution in [-0.2, 0) is 12.4 Å². The van der Waals surface area contributed by atoms with Crippen molar-refractivity contribution < 1.29 is 40.3 Å². The molecule has 0 spiro atoms. The van der Waals surface area contributed by atoms with Crippen LogP contribution in [0.4, 0.5) is 26.3 Å². The van der Waals surface area contributed by atoms with Gasteiger partial charge in [0.25, 0.3) is 0 Å². The van der Waals surface area contributed by atoms with Gasteiger partial charge in [-0.05, 0) is 24.3 Å². The number of amides is 2. The highest BCUT2D eigenvalue weighted by atomic mass is 19.4. The summed E-state index contributed by atoms with van der Waals surface area (Å²) in [4.78, 5) is 24.1. The smallest absolute Gasteiger partial charge is 0.417 e. The molecule has 0 saturated carbocycles. The van der Waals surface area contributed by atoms with Crippen molar-refractivity contribution in [3.05, 3.63) is 94.4 Å². The second-order valence-corrected chi connectivity index (χ2v) is 6.73. The minimum atomic E-state index is -4.62. The molecule has 2 aromatic carbocycles. The van der Waals surface area contributed by atoms with E-state index in [9.17, 15) is 35.9 Å². The summed E-state index contributed by atoms with van der Waals surface area (Å²) in [6.07, 6.45) is -7.64. The summed E-state index contributed by atoms with van der Waals surface area (Å²) in [5.74, 6) is -2.73. The third-order valence-corrected chi connectivity index (χ3v) is 4.33. The van der Waals surface area contributed by atoms with Crippen molar-refractivity contribution in [1.82, 2.24) is 10.9 Å². The number of carbonyl (C=O) groups is 2. The van der Waals surface area contributed by atoms with Crippen LogP contribution >= 0.6 is 0 Å². The Bertz CT molecular complexity index is 1180. The molecule has 0 aliphatic heterocycles. The zero-order valence-corrected chi connectivity index (χ0v) is 17.3. The molecule has 0 aliphatic carbocycles. The average molecular weight is 496 g/mol. The first-order valence-electron chi connectivity index (χ1n) is 9.56. The number of hydrogen-bond acceptors (Lipinski definition) is 5. The Kier molecular flexibility index (Phi) is 7.37. The van der Waals surface area contributed by atoms with Gasteiger partial charge >= 0.3 is 24.2 Å². The van der Waals surface area contributed by atoms with E-state index in [2.05, 4.69) is 10.2 Å². The SMILES string of the molecule is O=C(NN=Cc1ccccc1C(F)(F)F)c1ccc(C(=O)NN=Cc2ccccc2C(F)(F)F)o1. The number of alkyl halides is 6. The second kappa shape index (κ2) is 10.2. The zero-order chi connectivity index (χ0) is 25.6. The summed E-state index contributed by atoms with van der Waals surface area (Å²) in [7, 11) is 0. The Labute approximate surface area is 193 Å². The first kappa shape index (κ1) is 25.2. The van der Waals surface area contributed by atoms with E-state index in [0.29, 0.717) is 0 Å². The fourth-order valence-corrected chi connectivity index (χ4v) is 2.75. The lowest BCUT2D eigenvalue weighted by molar-refractivity contribution is -0.138. The number of furan rings is 1. The largest absolute Gasteiger partial charge is 0.446 e. The predicted octanol–water partition coefficient (Wildman–Crippen LogP) is 4.85. The number of nitrogens with one attached hydrogen (secondary N) is 2. The molecule has 2 amide bonds. The molecule has 35 heavy (non-hydrogen) atoms. The van der Waals surface area contributed by atoms with Crippen molar-refractivity contribution >= 4 is 24.2 Å². The van der Waals surface area contributed by atoms with Gasteiger partial charge in [-0.25, -0.2) is 10.9 Å². The van der Waals surface area contributed by atoms with Crippen molar-refractivity contribution in [3.63, 3.8) is 0 Å². The maximum absolute atomic E-state index is 13.0. The van der Waals surface area contributed by atoms with Crippen LogP contribution in [0.5, 0.6) is 0 Å². The fourth-order valence-electron chi connectivity index (χ4n) is 2.75. The number of nitrogens with zero attached hydrogens (tertiary/aromatic N) is 2. The van der Waals surface area contributed by atoms with Gasteiger partial charge in [0, 0.05) is 11.1 Å². The second-order valence-electron chi connectivity index (χ2n) is 6.73. The van der Waals surface area contributed by atoms with Crippen LogP contribution in [-0.4, -0.2) is 24.2 Å². The Morgan fingerprint density at radius 2 is 1.03 bits per heavy atom. The number of hydrogen-bond donors (Lipinski definition) is 2. The van der Waals surface area contributed by atoms with E-state index in [0.717, 1.165) is 48.8 Å². The van der Waals surface area contributed by atoms with Crippen LogP contribution in [0.3, 0.4) is 0 Å². The molecule has 7 nitrogen and oxygen atoms in total. The van der Waals surface area contributed by atoms with Crippen molar-refractivity contribution in [2.45, 2.75) is 12.4 Å². The van der Waals surface area contributed by atoms with Crippen LogP contribution < -0.4 is 10.9 Å². The molecule has 0 atom stereocenters. The Balaban J connectivity index is 1.62. The van der Waals surface area contributed by atoms with E-state index in [4.69, 9.17) is 4.42 Å². The minimum absolute atomic E-state index is 0.287. The number of carbonyl (C=O) groups excluding carboxylic acids is 2. The summed E-state index contributed by atoms with van der Waals surface area (Å²) < 4.78 is 82.9. The lowest BCUT2D eigenvalue weighted by atomic mass is 10.1. The average Bonchev–Trinajstić information content (AvgIpc) is 3.29. The minimum Gasteiger partial charge on any atom is -0.446 e. The molecule has 0 bridgehead atoms. The van der Waals surface area contributed by atoms with Crippen molar-refractivity contribution in [2.75, 3.05) is 0 Å². The number of halogens is 6. The molecule has 0 fully saturated rings. The molecular weight excluding hydrogens is 482 g/mol. The molecule has 0 radical (unpaired) electrons. The Hall–Kier alpha value is -4.42. The zero-order valence-electron chi connectivity index (χ0n) is 17.3. The van der Waals surface area contributed by atoms with Gasteiger partial charge in [-0.15, -0.1) is 0 Å². The van der Waals surface area contributed by atoms with E-state index in [1.807, 2.05) is 10.9 Å². The third-order valence-electron chi connectivity index (χ3n) is 4.33. The van der Waals surface area contributed by atoms with E-state index in [-0.39, 0.29) is 11.1 Å². The highest BCUT2D eigenvalue weighted by Gasteiger charge is 2.33. The molecule has 0 aliphatic rings. The van der Waals surface area contributed by atoms with E-state index in [1.54, 1.807) is 0 Å². The van der Waals surface area contributed by atoms with Gasteiger partial charge in [0.15, 0.2) is 11.5 Å². The van der Waals surface area contributed by atoms with Gasteiger partial charge in [0.1, 0.15) is 0 Å². The normalized spacial score (nSPS) is 12.3. The molecule has 1 heterocycles. The highest BCUT2D eigenvalue weighted by Crippen LogP contribution is 2.31. The first-order valence-corrected chi connectivity index (χ1v) is 9.56. The Morgan fingerprint density at radius 1 is 0.657 bits per heavy atom. The number of hydrazone groups is 2. The van der Waals surface area contributed by atoms with Gasteiger partial charge in [-0.2, -0.15) is 36.5 Å². The summed E-state index contributed by atoms with van der Waals surface area (Å²) in [5, 5.41) is 6.91. The molecule has 2 N–H and O–H groups in total. The fraction of sp³-hybridized carbons (Fsp3) is 0.0909. The summed E-state index contributed by atoms with van der Waals surface area (Å²) in [5.41, 5.74) is 1.45. The molecule has 182 valence electrons. The van der Waals surface area contributed by atoms with Gasteiger partial charge in [-0.1, -0.05) is 36.4 Å². The van der Waals surface area contributed by atoms with Crippen molar-refractivity contribution in [2.24, 2.45) is 10.2 Å². The van der Waals surface area contributed by atoms with E-state index >= 15 is 0 Å². The van der Waals surface area contributed by atoms with Crippen molar-refractivity contribution in [1.29, 1.82) is 0 Å².